The van der Waals surface area contributed by atoms with Crippen LogP contribution in [0.15, 0.2) is 54.6 Å². The zero-order valence-corrected chi connectivity index (χ0v) is 14.0. The summed E-state index contributed by atoms with van der Waals surface area (Å²) >= 11 is 0. The van der Waals surface area contributed by atoms with Crippen LogP contribution in [0, 0.1) is 5.82 Å². The van der Waals surface area contributed by atoms with Gasteiger partial charge in [-0.3, -0.25) is 4.90 Å². The molecule has 2 aromatic carbocycles. The van der Waals surface area contributed by atoms with E-state index >= 15 is 0 Å². The Morgan fingerprint density at radius 2 is 1.42 bits per heavy atom. The van der Waals surface area contributed by atoms with Crippen molar-refractivity contribution in [2.45, 2.75) is 6.42 Å². The molecule has 0 N–H and O–H groups in total. The minimum atomic E-state index is -0.228. The van der Waals surface area contributed by atoms with Crippen molar-refractivity contribution < 1.29 is 9.13 Å². The van der Waals surface area contributed by atoms with E-state index in [1.54, 1.807) is 12.1 Å². The van der Waals surface area contributed by atoms with Crippen LogP contribution in [-0.2, 0) is 6.42 Å². The van der Waals surface area contributed by atoms with E-state index in [4.69, 9.17) is 4.74 Å². The highest BCUT2D eigenvalue weighted by molar-refractivity contribution is 5.22. The van der Waals surface area contributed by atoms with Crippen molar-refractivity contribution in [1.82, 2.24) is 9.80 Å². The molecule has 0 aromatic heterocycles. The predicted octanol–water partition coefficient (Wildman–Crippen LogP) is 3.06. The molecule has 1 aliphatic heterocycles. The lowest BCUT2D eigenvalue weighted by Gasteiger charge is -2.34. The van der Waals surface area contributed by atoms with E-state index in [-0.39, 0.29) is 5.82 Å². The number of rotatable bonds is 7. The minimum absolute atomic E-state index is 0.228. The van der Waals surface area contributed by atoms with Crippen molar-refractivity contribution in [2.75, 3.05) is 45.9 Å². The maximum absolute atomic E-state index is 12.8. The van der Waals surface area contributed by atoms with Crippen LogP contribution in [0.1, 0.15) is 5.56 Å². The number of hydrogen-bond acceptors (Lipinski definition) is 3. The van der Waals surface area contributed by atoms with Crippen molar-refractivity contribution in [1.29, 1.82) is 0 Å². The Morgan fingerprint density at radius 3 is 2.08 bits per heavy atom. The number of halogens is 1. The number of benzene rings is 2. The van der Waals surface area contributed by atoms with Gasteiger partial charge in [0.05, 0.1) is 0 Å². The molecule has 0 atom stereocenters. The van der Waals surface area contributed by atoms with E-state index in [1.165, 1.54) is 17.7 Å². The fraction of sp³-hybridized carbons (Fsp3) is 0.400. The number of nitrogens with zero attached hydrogens (tertiary/aromatic N) is 2. The average Bonchev–Trinajstić information content (AvgIpc) is 2.64. The summed E-state index contributed by atoms with van der Waals surface area (Å²) in [5.74, 6) is 0.506. The molecule has 1 heterocycles. The smallest absolute Gasteiger partial charge is 0.123 e. The molecule has 0 unspecified atom stereocenters. The number of hydrogen-bond donors (Lipinski definition) is 0. The van der Waals surface area contributed by atoms with E-state index in [0.717, 1.165) is 51.4 Å². The normalized spacial score (nSPS) is 16.2. The van der Waals surface area contributed by atoms with Crippen LogP contribution in [0.25, 0.3) is 0 Å². The molecule has 4 heteroatoms. The zero-order valence-electron chi connectivity index (χ0n) is 14.0. The maximum Gasteiger partial charge on any atom is 0.123 e. The Labute approximate surface area is 143 Å². The van der Waals surface area contributed by atoms with E-state index < -0.39 is 0 Å². The molecule has 2 aromatic rings. The SMILES string of the molecule is Fc1ccc(OCCN2CCN(CCc3ccccc3)CC2)cc1. The van der Waals surface area contributed by atoms with Gasteiger partial charge in [-0.15, -0.1) is 0 Å². The van der Waals surface area contributed by atoms with E-state index in [9.17, 15) is 4.39 Å². The average molecular weight is 328 g/mol. The quantitative estimate of drug-likeness (QED) is 0.777. The molecule has 1 saturated heterocycles. The lowest BCUT2D eigenvalue weighted by atomic mass is 10.1. The van der Waals surface area contributed by atoms with Crippen LogP contribution in [0.3, 0.4) is 0 Å². The molecular formula is C20H25FN2O. The van der Waals surface area contributed by atoms with E-state index in [2.05, 4.69) is 40.1 Å². The molecule has 128 valence electrons. The van der Waals surface area contributed by atoms with Crippen LogP contribution in [-0.4, -0.2) is 55.7 Å². The van der Waals surface area contributed by atoms with Crippen molar-refractivity contribution in [3.05, 3.63) is 66.0 Å². The van der Waals surface area contributed by atoms with Gasteiger partial charge in [-0.05, 0) is 36.2 Å². The largest absolute Gasteiger partial charge is 0.492 e. The molecule has 0 amide bonds. The molecule has 0 radical (unpaired) electrons. The van der Waals surface area contributed by atoms with Crippen LogP contribution in [0.2, 0.25) is 0 Å². The van der Waals surface area contributed by atoms with Gasteiger partial charge < -0.3 is 9.64 Å². The monoisotopic (exact) mass is 328 g/mol. The summed E-state index contributed by atoms with van der Waals surface area (Å²) in [6, 6.07) is 16.9. The second-order valence-electron chi connectivity index (χ2n) is 6.22. The third-order valence-corrected chi connectivity index (χ3v) is 4.51. The third-order valence-electron chi connectivity index (χ3n) is 4.51. The highest BCUT2D eigenvalue weighted by atomic mass is 19.1. The second kappa shape index (κ2) is 8.81. The van der Waals surface area contributed by atoms with Gasteiger partial charge in [0.25, 0.3) is 0 Å². The van der Waals surface area contributed by atoms with Gasteiger partial charge >= 0.3 is 0 Å². The topological polar surface area (TPSA) is 15.7 Å². The van der Waals surface area contributed by atoms with Gasteiger partial charge in [-0.25, -0.2) is 4.39 Å². The molecule has 3 nitrogen and oxygen atoms in total. The molecule has 0 spiro atoms. The molecule has 3 rings (SSSR count). The number of piperazine rings is 1. The molecule has 0 aliphatic carbocycles. The van der Waals surface area contributed by atoms with Crippen LogP contribution >= 0.6 is 0 Å². The summed E-state index contributed by atoms with van der Waals surface area (Å²) in [4.78, 5) is 4.97. The summed E-state index contributed by atoms with van der Waals surface area (Å²) in [7, 11) is 0. The van der Waals surface area contributed by atoms with Crippen molar-refractivity contribution in [3.63, 3.8) is 0 Å². The van der Waals surface area contributed by atoms with Gasteiger partial charge in [0.1, 0.15) is 18.2 Å². The summed E-state index contributed by atoms with van der Waals surface area (Å²) in [5, 5.41) is 0. The van der Waals surface area contributed by atoms with E-state index in [0.29, 0.717) is 6.61 Å². The summed E-state index contributed by atoms with van der Waals surface area (Å²) in [6.07, 6.45) is 1.12. The van der Waals surface area contributed by atoms with E-state index in [1.807, 2.05) is 0 Å². The van der Waals surface area contributed by atoms with Gasteiger partial charge in [0, 0.05) is 39.3 Å². The summed E-state index contributed by atoms with van der Waals surface area (Å²) < 4.78 is 18.5. The van der Waals surface area contributed by atoms with Crippen LogP contribution < -0.4 is 4.74 Å². The molecule has 0 bridgehead atoms. The molecule has 1 aliphatic rings. The first kappa shape index (κ1) is 16.9. The van der Waals surface area contributed by atoms with Crippen LogP contribution in [0.5, 0.6) is 5.75 Å². The Kier molecular flexibility index (Phi) is 6.21. The van der Waals surface area contributed by atoms with Gasteiger partial charge in [0.15, 0.2) is 0 Å². The first-order valence-electron chi connectivity index (χ1n) is 8.66. The first-order chi connectivity index (χ1) is 11.8. The minimum Gasteiger partial charge on any atom is -0.492 e. The highest BCUT2D eigenvalue weighted by Crippen LogP contribution is 2.11. The molecule has 0 saturated carbocycles. The fourth-order valence-corrected chi connectivity index (χ4v) is 2.99. The first-order valence-corrected chi connectivity index (χ1v) is 8.66. The molecular weight excluding hydrogens is 303 g/mol. The Morgan fingerprint density at radius 1 is 0.792 bits per heavy atom. The van der Waals surface area contributed by atoms with Gasteiger partial charge in [-0.1, -0.05) is 30.3 Å². The second-order valence-corrected chi connectivity index (χ2v) is 6.22. The summed E-state index contributed by atoms with van der Waals surface area (Å²) in [5.41, 5.74) is 1.41. The molecule has 1 fully saturated rings. The Hall–Kier alpha value is -1.91. The predicted molar refractivity (Wildman–Crippen MR) is 94.9 cm³/mol. The van der Waals surface area contributed by atoms with Crippen LogP contribution in [0.4, 0.5) is 4.39 Å². The van der Waals surface area contributed by atoms with Crippen molar-refractivity contribution in [3.8, 4) is 5.75 Å². The highest BCUT2D eigenvalue weighted by Gasteiger charge is 2.16. The number of ether oxygens (including phenoxy) is 1. The lowest BCUT2D eigenvalue weighted by molar-refractivity contribution is 0.118. The van der Waals surface area contributed by atoms with Crippen molar-refractivity contribution in [2.24, 2.45) is 0 Å². The zero-order chi connectivity index (χ0) is 16.6. The van der Waals surface area contributed by atoms with Gasteiger partial charge in [-0.2, -0.15) is 0 Å². The summed E-state index contributed by atoms with van der Waals surface area (Å²) in [6.45, 7) is 7.10. The molecule has 24 heavy (non-hydrogen) atoms. The Balaban J connectivity index is 1.31. The maximum atomic E-state index is 12.8. The fourth-order valence-electron chi connectivity index (χ4n) is 2.99. The van der Waals surface area contributed by atoms with Crippen molar-refractivity contribution >= 4 is 0 Å². The standard InChI is InChI=1S/C20H25FN2O/c21-19-6-8-20(9-7-19)24-17-16-23-14-12-22(13-15-23)11-10-18-4-2-1-3-5-18/h1-9H,10-17H2. The third kappa shape index (κ3) is 5.32. The van der Waals surface area contributed by atoms with Gasteiger partial charge in [0.2, 0.25) is 0 Å². The lowest BCUT2D eigenvalue weighted by Crippen LogP contribution is -2.47. The Bertz CT molecular complexity index is 595.